The highest BCUT2D eigenvalue weighted by Gasteiger charge is 2.33. The first-order chi connectivity index (χ1) is 11.3. The van der Waals surface area contributed by atoms with E-state index in [2.05, 4.69) is 0 Å². The molecule has 0 spiro atoms. The van der Waals surface area contributed by atoms with E-state index >= 15 is 0 Å². The number of alkyl halides is 3. The summed E-state index contributed by atoms with van der Waals surface area (Å²) in [6.45, 7) is 5.30. The normalized spacial score (nSPS) is 13.1. The fourth-order valence-electron chi connectivity index (χ4n) is 1.70. The summed E-state index contributed by atoms with van der Waals surface area (Å²) >= 11 is 16.2. The van der Waals surface area contributed by atoms with Gasteiger partial charge in [0.1, 0.15) is 11.4 Å². The molecule has 1 aromatic carbocycles. The quantitative estimate of drug-likeness (QED) is 0.461. The van der Waals surface area contributed by atoms with Gasteiger partial charge in [0.2, 0.25) is 0 Å². The topological polar surface area (TPSA) is 76.1 Å². The second-order valence-electron chi connectivity index (χ2n) is 6.33. The van der Waals surface area contributed by atoms with Crippen LogP contribution in [0.5, 0.6) is 5.75 Å². The van der Waals surface area contributed by atoms with E-state index in [1.54, 1.807) is 20.8 Å². The van der Waals surface area contributed by atoms with Crippen molar-refractivity contribution in [1.82, 2.24) is 4.90 Å². The Balaban J connectivity index is 2.66. The first-order valence-electron chi connectivity index (χ1n) is 7.31. The van der Waals surface area contributed by atoms with E-state index in [-0.39, 0.29) is 12.3 Å². The number of aliphatic hydroxyl groups excluding tert-OH is 1. The molecule has 1 unspecified atom stereocenters. The minimum atomic E-state index is -2.17. The van der Waals surface area contributed by atoms with Gasteiger partial charge in [-0.15, -0.1) is 0 Å². The Kier molecular flexibility index (Phi) is 7.38. The van der Waals surface area contributed by atoms with Gasteiger partial charge in [0.05, 0.1) is 12.6 Å². The number of benzene rings is 1. The first-order valence-corrected chi connectivity index (χ1v) is 8.44. The van der Waals surface area contributed by atoms with Crippen LogP contribution in [0.15, 0.2) is 24.3 Å². The predicted octanol–water partition coefficient (Wildman–Crippen LogP) is 3.86. The Bertz CT molecular complexity index is 608. The Morgan fingerprint density at radius 1 is 1.16 bits per heavy atom. The maximum Gasteiger partial charge on any atom is 0.410 e. The molecule has 1 rings (SSSR count). The van der Waals surface area contributed by atoms with Gasteiger partial charge >= 0.3 is 12.1 Å². The third-order valence-electron chi connectivity index (χ3n) is 2.86. The molecule has 0 aliphatic rings. The standard InChI is InChI=1S/C16H20Cl3NO5/c1-15(2,3)25-14(23)20(4)9-12(21)10-5-7-11(8-6-10)24-13(22)16(17,18)19/h5-8,12,21H,9H2,1-4H3. The van der Waals surface area contributed by atoms with Crippen LogP contribution in [0.25, 0.3) is 0 Å². The highest BCUT2D eigenvalue weighted by Crippen LogP contribution is 2.29. The summed E-state index contributed by atoms with van der Waals surface area (Å²) in [7, 11) is 1.52. The molecule has 1 aromatic rings. The maximum atomic E-state index is 11.9. The molecular formula is C16H20Cl3NO5. The number of carbonyl (C=O) groups excluding carboxylic acids is 2. The number of hydrogen-bond acceptors (Lipinski definition) is 5. The van der Waals surface area contributed by atoms with E-state index in [1.807, 2.05) is 0 Å². The Hall–Kier alpha value is -1.21. The number of carbonyl (C=O) groups is 2. The number of rotatable bonds is 4. The van der Waals surface area contributed by atoms with Crippen LogP contribution in [0.4, 0.5) is 4.79 Å². The van der Waals surface area contributed by atoms with E-state index < -0.39 is 27.6 Å². The van der Waals surface area contributed by atoms with Crippen molar-refractivity contribution < 1.29 is 24.2 Å². The van der Waals surface area contributed by atoms with Crippen LogP contribution in [0.1, 0.15) is 32.4 Å². The lowest BCUT2D eigenvalue weighted by Crippen LogP contribution is -2.36. The van der Waals surface area contributed by atoms with Gasteiger partial charge in [-0.3, -0.25) is 0 Å². The molecule has 0 saturated heterocycles. The molecule has 0 fully saturated rings. The van der Waals surface area contributed by atoms with Crippen LogP contribution in [0, 0.1) is 0 Å². The number of ether oxygens (including phenoxy) is 2. The Labute approximate surface area is 161 Å². The molecule has 6 nitrogen and oxygen atoms in total. The van der Waals surface area contributed by atoms with E-state index in [0.29, 0.717) is 5.56 Å². The average molecular weight is 413 g/mol. The van der Waals surface area contributed by atoms with Gasteiger partial charge in [-0.1, -0.05) is 46.9 Å². The van der Waals surface area contributed by atoms with Gasteiger partial charge in [0.25, 0.3) is 3.79 Å². The molecule has 0 aliphatic carbocycles. The molecule has 140 valence electrons. The van der Waals surface area contributed by atoms with Crippen molar-refractivity contribution in [2.24, 2.45) is 0 Å². The third kappa shape index (κ3) is 7.69. The van der Waals surface area contributed by atoms with Crippen molar-refractivity contribution in [3.63, 3.8) is 0 Å². The van der Waals surface area contributed by atoms with Crippen molar-refractivity contribution in [2.45, 2.75) is 36.3 Å². The number of esters is 1. The second kappa shape index (κ2) is 8.45. The molecule has 25 heavy (non-hydrogen) atoms. The number of halogens is 3. The Morgan fingerprint density at radius 3 is 2.12 bits per heavy atom. The molecule has 0 saturated carbocycles. The summed E-state index contributed by atoms with van der Waals surface area (Å²) in [4.78, 5) is 24.6. The zero-order valence-electron chi connectivity index (χ0n) is 14.3. The highest BCUT2D eigenvalue weighted by atomic mass is 35.6. The number of hydrogen-bond donors (Lipinski definition) is 1. The van der Waals surface area contributed by atoms with Crippen LogP contribution in [0.2, 0.25) is 0 Å². The molecule has 1 amide bonds. The molecule has 0 aromatic heterocycles. The van der Waals surface area contributed by atoms with Gasteiger partial charge in [-0.2, -0.15) is 0 Å². The molecule has 0 aliphatic heterocycles. The van der Waals surface area contributed by atoms with Crippen molar-refractivity contribution >= 4 is 46.9 Å². The maximum absolute atomic E-state index is 11.9. The van der Waals surface area contributed by atoms with Crippen molar-refractivity contribution in [3.8, 4) is 5.75 Å². The van der Waals surface area contributed by atoms with E-state index in [0.717, 1.165) is 0 Å². The Morgan fingerprint density at radius 2 is 1.68 bits per heavy atom. The van der Waals surface area contributed by atoms with Crippen LogP contribution in [-0.4, -0.2) is 45.1 Å². The number of likely N-dealkylation sites (N-methyl/N-ethyl adjacent to an activating group) is 1. The second-order valence-corrected chi connectivity index (χ2v) is 8.61. The van der Waals surface area contributed by atoms with Gasteiger partial charge < -0.3 is 19.5 Å². The lowest BCUT2D eigenvalue weighted by atomic mass is 10.1. The number of nitrogens with zero attached hydrogens (tertiary/aromatic N) is 1. The number of aliphatic hydroxyl groups is 1. The van der Waals surface area contributed by atoms with E-state index in [4.69, 9.17) is 44.3 Å². The minimum Gasteiger partial charge on any atom is -0.444 e. The van der Waals surface area contributed by atoms with Crippen LogP contribution in [-0.2, 0) is 9.53 Å². The summed E-state index contributed by atoms with van der Waals surface area (Å²) in [5.74, 6) is -0.872. The summed E-state index contributed by atoms with van der Waals surface area (Å²) in [5, 5.41) is 10.2. The molecule has 1 atom stereocenters. The lowest BCUT2D eigenvalue weighted by Gasteiger charge is -2.26. The smallest absolute Gasteiger partial charge is 0.410 e. The summed E-state index contributed by atoms with van der Waals surface area (Å²) < 4.78 is 7.93. The van der Waals surface area contributed by atoms with Crippen molar-refractivity contribution in [3.05, 3.63) is 29.8 Å². The molecule has 9 heteroatoms. The van der Waals surface area contributed by atoms with Crippen LogP contribution >= 0.6 is 34.8 Å². The molecule has 1 N–H and O–H groups in total. The first kappa shape index (κ1) is 21.8. The number of amides is 1. The molecular weight excluding hydrogens is 393 g/mol. The fraction of sp³-hybridized carbons (Fsp3) is 0.500. The fourth-order valence-corrected chi connectivity index (χ4v) is 1.82. The lowest BCUT2D eigenvalue weighted by molar-refractivity contribution is -0.133. The van der Waals surface area contributed by atoms with Crippen LogP contribution < -0.4 is 4.74 Å². The molecule has 0 bridgehead atoms. The predicted molar refractivity (Wildman–Crippen MR) is 96.2 cm³/mol. The monoisotopic (exact) mass is 411 g/mol. The zero-order valence-corrected chi connectivity index (χ0v) is 16.5. The molecule has 0 heterocycles. The SMILES string of the molecule is CN(CC(O)c1ccc(OC(=O)C(Cl)(Cl)Cl)cc1)C(=O)OC(C)(C)C. The van der Waals surface area contributed by atoms with Gasteiger partial charge in [-0.05, 0) is 38.5 Å². The van der Waals surface area contributed by atoms with Gasteiger partial charge in [0.15, 0.2) is 0 Å². The minimum absolute atomic E-state index is 0.0300. The zero-order chi connectivity index (χ0) is 19.4. The third-order valence-corrected chi connectivity index (χ3v) is 3.32. The van der Waals surface area contributed by atoms with Gasteiger partial charge in [-0.25, -0.2) is 9.59 Å². The average Bonchev–Trinajstić information content (AvgIpc) is 2.45. The van der Waals surface area contributed by atoms with Crippen LogP contribution in [0.3, 0.4) is 0 Å². The van der Waals surface area contributed by atoms with Gasteiger partial charge in [0, 0.05) is 7.05 Å². The van der Waals surface area contributed by atoms with Crippen molar-refractivity contribution in [1.29, 1.82) is 0 Å². The van der Waals surface area contributed by atoms with E-state index in [1.165, 1.54) is 36.2 Å². The summed E-state index contributed by atoms with van der Waals surface area (Å²) in [5.41, 5.74) is -0.103. The summed E-state index contributed by atoms with van der Waals surface area (Å²) in [6.07, 6.45) is -1.49. The largest absolute Gasteiger partial charge is 0.444 e. The van der Waals surface area contributed by atoms with Crippen molar-refractivity contribution in [2.75, 3.05) is 13.6 Å². The molecule has 0 radical (unpaired) electrons. The summed E-state index contributed by atoms with van der Waals surface area (Å²) in [6, 6.07) is 5.96. The highest BCUT2D eigenvalue weighted by molar-refractivity contribution is 6.75. The van der Waals surface area contributed by atoms with E-state index in [9.17, 15) is 14.7 Å².